The molecule has 0 aliphatic carbocycles. The predicted octanol–water partition coefficient (Wildman–Crippen LogP) is 2.41. The molecule has 2 saturated heterocycles. The minimum atomic E-state index is 0.558. The first-order valence-corrected chi connectivity index (χ1v) is 6.74. The quantitative estimate of drug-likeness (QED) is 0.715. The van der Waals surface area contributed by atoms with E-state index in [-0.39, 0.29) is 0 Å². The first-order valence-electron chi connectivity index (χ1n) is 6.36. The van der Waals surface area contributed by atoms with E-state index in [1.165, 1.54) is 31.6 Å². The van der Waals surface area contributed by atoms with Gasteiger partial charge in [-0.25, -0.2) is 4.98 Å². The van der Waals surface area contributed by atoms with Gasteiger partial charge in [0.15, 0.2) is 0 Å². The molecule has 3 rings (SSSR count). The summed E-state index contributed by atoms with van der Waals surface area (Å²) in [5, 5.41) is 0.587. The Morgan fingerprint density at radius 2 is 2.29 bits per heavy atom. The highest BCUT2D eigenvalue weighted by atomic mass is 35.5. The molecule has 0 bridgehead atoms. The van der Waals surface area contributed by atoms with Crippen molar-refractivity contribution >= 4 is 17.3 Å². The van der Waals surface area contributed by atoms with Gasteiger partial charge in [-0.15, -0.1) is 0 Å². The molecule has 2 unspecified atom stereocenters. The van der Waals surface area contributed by atoms with Crippen LogP contribution in [0.4, 0.5) is 5.69 Å². The molecule has 2 atom stereocenters. The van der Waals surface area contributed by atoms with Gasteiger partial charge in [0, 0.05) is 37.1 Å². The first-order chi connectivity index (χ1) is 8.24. The van der Waals surface area contributed by atoms with E-state index in [2.05, 4.69) is 27.8 Å². The van der Waals surface area contributed by atoms with Gasteiger partial charge >= 0.3 is 0 Å². The zero-order valence-corrected chi connectivity index (χ0v) is 10.9. The Morgan fingerprint density at radius 3 is 3.12 bits per heavy atom. The van der Waals surface area contributed by atoms with Crippen LogP contribution >= 0.6 is 11.6 Å². The largest absolute Gasteiger partial charge is 0.366 e. The Bertz CT molecular complexity index is 409. The van der Waals surface area contributed by atoms with Gasteiger partial charge in [0.25, 0.3) is 0 Å². The lowest BCUT2D eigenvalue weighted by molar-refractivity contribution is 0.203. The van der Waals surface area contributed by atoms with Crippen LogP contribution in [-0.4, -0.2) is 41.6 Å². The smallest absolute Gasteiger partial charge is 0.131 e. The molecule has 2 aliphatic rings. The van der Waals surface area contributed by atoms with E-state index in [0.29, 0.717) is 11.2 Å². The Kier molecular flexibility index (Phi) is 2.97. The van der Waals surface area contributed by atoms with Crippen LogP contribution in [0, 0.1) is 0 Å². The van der Waals surface area contributed by atoms with Gasteiger partial charge < -0.3 is 4.90 Å². The lowest BCUT2D eigenvalue weighted by Crippen LogP contribution is -2.55. The average molecular weight is 252 g/mol. The molecule has 0 N–H and O–H groups in total. The van der Waals surface area contributed by atoms with Crippen LogP contribution in [0.2, 0.25) is 5.15 Å². The summed E-state index contributed by atoms with van der Waals surface area (Å²) in [6, 6.07) is 5.33. The number of hydrogen-bond acceptors (Lipinski definition) is 3. The standard InChI is InChI=1S/C13H18ClN3/c1-10-8-16-6-2-3-12(16)9-17(10)11-4-5-15-13(14)7-11/h4-5,7,10,12H,2-3,6,8-9H2,1H3. The van der Waals surface area contributed by atoms with Crippen LogP contribution in [0.3, 0.4) is 0 Å². The molecule has 17 heavy (non-hydrogen) atoms. The Morgan fingerprint density at radius 1 is 1.41 bits per heavy atom. The SMILES string of the molecule is CC1CN2CCCC2CN1c1ccnc(Cl)c1. The van der Waals surface area contributed by atoms with Gasteiger partial charge in [0.1, 0.15) is 5.15 Å². The molecule has 0 amide bonds. The van der Waals surface area contributed by atoms with Crippen molar-refractivity contribution in [2.24, 2.45) is 0 Å². The molecule has 0 spiro atoms. The van der Waals surface area contributed by atoms with Crippen molar-refractivity contribution in [1.82, 2.24) is 9.88 Å². The number of anilines is 1. The normalized spacial score (nSPS) is 29.4. The highest BCUT2D eigenvalue weighted by Crippen LogP contribution is 2.29. The van der Waals surface area contributed by atoms with Crippen LogP contribution in [0.1, 0.15) is 19.8 Å². The summed E-state index contributed by atoms with van der Waals surface area (Å²) in [7, 11) is 0. The monoisotopic (exact) mass is 251 g/mol. The second kappa shape index (κ2) is 4.46. The molecule has 3 heterocycles. The van der Waals surface area contributed by atoms with Crippen molar-refractivity contribution in [3.63, 3.8) is 0 Å². The number of aromatic nitrogens is 1. The van der Waals surface area contributed by atoms with Gasteiger partial charge in [0.2, 0.25) is 0 Å². The molecule has 0 radical (unpaired) electrons. The number of pyridine rings is 1. The van der Waals surface area contributed by atoms with E-state index < -0.39 is 0 Å². The Labute approximate surface area is 107 Å². The summed E-state index contributed by atoms with van der Waals surface area (Å²) in [6.45, 7) is 5.87. The lowest BCUT2D eigenvalue weighted by Gasteiger charge is -2.43. The second-order valence-electron chi connectivity index (χ2n) is 5.13. The van der Waals surface area contributed by atoms with Crippen molar-refractivity contribution in [3.8, 4) is 0 Å². The number of piperazine rings is 1. The third-order valence-corrected chi connectivity index (χ3v) is 4.19. The van der Waals surface area contributed by atoms with Gasteiger partial charge in [-0.1, -0.05) is 11.6 Å². The molecule has 0 aromatic carbocycles. The average Bonchev–Trinajstić information content (AvgIpc) is 2.75. The summed E-state index contributed by atoms with van der Waals surface area (Å²) in [6.07, 6.45) is 4.48. The fourth-order valence-electron chi connectivity index (χ4n) is 3.12. The van der Waals surface area contributed by atoms with Crippen LogP contribution in [-0.2, 0) is 0 Å². The van der Waals surface area contributed by atoms with Gasteiger partial charge in [-0.3, -0.25) is 4.90 Å². The molecule has 92 valence electrons. The lowest BCUT2D eigenvalue weighted by atomic mass is 10.1. The Hall–Kier alpha value is -0.800. The molecule has 0 saturated carbocycles. The number of rotatable bonds is 1. The maximum Gasteiger partial charge on any atom is 0.131 e. The van der Waals surface area contributed by atoms with Crippen molar-refractivity contribution in [3.05, 3.63) is 23.5 Å². The third kappa shape index (κ3) is 2.14. The number of halogens is 1. The maximum absolute atomic E-state index is 5.97. The minimum absolute atomic E-state index is 0.558. The number of nitrogens with zero attached hydrogens (tertiary/aromatic N) is 3. The molecule has 1 aromatic rings. The number of fused-ring (bicyclic) bond motifs is 1. The predicted molar refractivity (Wildman–Crippen MR) is 70.7 cm³/mol. The van der Waals surface area contributed by atoms with Gasteiger partial charge in [-0.2, -0.15) is 0 Å². The minimum Gasteiger partial charge on any atom is -0.366 e. The van der Waals surface area contributed by atoms with E-state index in [1.54, 1.807) is 6.20 Å². The third-order valence-electron chi connectivity index (χ3n) is 3.98. The zero-order chi connectivity index (χ0) is 11.8. The molecule has 2 fully saturated rings. The summed E-state index contributed by atoms with van der Waals surface area (Å²) in [4.78, 5) is 9.16. The molecular formula is C13H18ClN3. The molecule has 1 aromatic heterocycles. The fourth-order valence-corrected chi connectivity index (χ4v) is 3.29. The van der Waals surface area contributed by atoms with Crippen molar-refractivity contribution in [1.29, 1.82) is 0 Å². The van der Waals surface area contributed by atoms with E-state index >= 15 is 0 Å². The molecule has 3 nitrogen and oxygen atoms in total. The molecule has 2 aliphatic heterocycles. The van der Waals surface area contributed by atoms with Crippen LogP contribution < -0.4 is 4.90 Å². The second-order valence-corrected chi connectivity index (χ2v) is 5.52. The zero-order valence-electron chi connectivity index (χ0n) is 10.1. The molecule has 4 heteroatoms. The fraction of sp³-hybridized carbons (Fsp3) is 0.615. The van der Waals surface area contributed by atoms with E-state index in [4.69, 9.17) is 11.6 Å². The summed E-state index contributed by atoms with van der Waals surface area (Å²) in [5.74, 6) is 0. The number of hydrogen-bond donors (Lipinski definition) is 0. The van der Waals surface area contributed by atoms with Crippen molar-refractivity contribution in [2.75, 3.05) is 24.5 Å². The van der Waals surface area contributed by atoms with Crippen LogP contribution in [0.25, 0.3) is 0 Å². The van der Waals surface area contributed by atoms with Crippen molar-refractivity contribution in [2.45, 2.75) is 31.8 Å². The van der Waals surface area contributed by atoms with Gasteiger partial charge in [0.05, 0.1) is 0 Å². The Balaban J connectivity index is 1.83. The van der Waals surface area contributed by atoms with Gasteiger partial charge in [-0.05, 0) is 38.4 Å². The summed E-state index contributed by atoms with van der Waals surface area (Å²) < 4.78 is 0. The highest BCUT2D eigenvalue weighted by molar-refractivity contribution is 6.29. The highest BCUT2D eigenvalue weighted by Gasteiger charge is 2.34. The topological polar surface area (TPSA) is 19.4 Å². The summed E-state index contributed by atoms with van der Waals surface area (Å²) >= 11 is 5.97. The molecular weight excluding hydrogens is 234 g/mol. The first kappa shape index (κ1) is 11.3. The van der Waals surface area contributed by atoms with Crippen molar-refractivity contribution < 1.29 is 0 Å². The summed E-state index contributed by atoms with van der Waals surface area (Å²) in [5.41, 5.74) is 1.21. The van der Waals surface area contributed by atoms with Crippen LogP contribution in [0.5, 0.6) is 0 Å². The van der Waals surface area contributed by atoms with E-state index in [0.717, 1.165) is 12.6 Å². The van der Waals surface area contributed by atoms with E-state index in [9.17, 15) is 0 Å². The van der Waals surface area contributed by atoms with E-state index in [1.807, 2.05) is 6.07 Å². The maximum atomic E-state index is 5.97. The van der Waals surface area contributed by atoms with Crippen LogP contribution in [0.15, 0.2) is 18.3 Å².